The van der Waals surface area contributed by atoms with Crippen molar-refractivity contribution in [3.05, 3.63) is 0 Å². The van der Waals surface area contributed by atoms with Gasteiger partial charge in [0.25, 0.3) is 0 Å². The minimum atomic E-state index is 0.462. The predicted molar refractivity (Wildman–Crippen MR) is 97.6 cm³/mol. The van der Waals surface area contributed by atoms with Crippen LogP contribution in [-0.2, 0) is 0 Å². The Morgan fingerprint density at radius 1 is 0.600 bits per heavy atom. The lowest BCUT2D eigenvalue weighted by Crippen LogP contribution is -2.24. The van der Waals surface area contributed by atoms with E-state index < -0.39 is 0 Å². The third-order valence-corrected chi connectivity index (χ3v) is 5.51. The molecule has 4 rings (SSSR count). The third-order valence-electron chi connectivity index (χ3n) is 5.51. The van der Waals surface area contributed by atoms with Crippen molar-refractivity contribution >= 4 is 22.9 Å². The largest absolute Gasteiger partial charge is 0.364 e. The Bertz CT molecular complexity index is 615. The average molecular weight is 344 g/mol. The number of rotatable bonds is 4. The first-order valence-electron chi connectivity index (χ1n) is 9.92. The summed E-state index contributed by atoms with van der Waals surface area (Å²) in [6.45, 7) is 0. The predicted octanol–water partition coefficient (Wildman–Crippen LogP) is 4.28. The van der Waals surface area contributed by atoms with Crippen molar-refractivity contribution in [3.63, 3.8) is 0 Å². The molecular formula is C18H28N6O. The molecule has 2 heterocycles. The molecule has 2 aliphatic carbocycles. The molecule has 0 amide bonds. The molecule has 0 radical (unpaired) electrons. The fourth-order valence-electron chi connectivity index (χ4n) is 4.07. The van der Waals surface area contributed by atoms with E-state index in [0.717, 1.165) is 11.6 Å². The van der Waals surface area contributed by atoms with Crippen molar-refractivity contribution in [2.24, 2.45) is 0 Å². The van der Waals surface area contributed by atoms with Crippen LogP contribution < -0.4 is 10.6 Å². The van der Waals surface area contributed by atoms with E-state index in [-0.39, 0.29) is 0 Å². The highest BCUT2D eigenvalue weighted by Crippen LogP contribution is 2.27. The fourth-order valence-corrected chi connectivity index (χ4v) is 4.07. The van der Waals surface area contributed by atoms with Gasteiger partial charge in [-0.15, -0.1) is 0 Å². The topological polar surface area (TPSA) is 88.8 Å². The molecule has 136 valence electrons. The number of aromatic nitrogens is 4. The molecule has 25 heavy (non-hydrogen) atoms. The van der Waals surface area contributed by atoms with Crippen LogP contribution in [0.25, 0.3) is 11.3 Å². The second-order valence-electron chi connectivity index (χ2n) is 7.50. The maximum absolute atomic E-state index is 4.81. The lowest BCUT2D eigenvalue weighted by atomic mass is 10.1. The highest BCUT2D eigenvalue weighted by atomic mass is 16.6. The third kappa shape index (κ3) is 4.19. The molecule has 0 unspecified atom stereocenters. The SMILES string of the molecule is C1CCCC(Nc2nc3nonc3nc2NC2CCCCCC2)CC1. The second-order valence-corrected chi connectivity index (χ2v) is 7.50. The van der Waals surface area contributed by atoms with Crippen molar-refractivity contribution in [1.29, 1.82) is 0 Å². The van der Waals surface area contributed by atoms with Gasteiger partial charge in [-0.25, -0.2) is 14.6 Å². The Labute approximate surface area is 148 Å². The van der Waals surface area contributed by atoms with Gasteiger partial charge in [-0.1, -0.05) is 51.4 Å². The van der Waals surface area contributed by atoms with Gasteiger partial charge < -0.3 is 10.6 Å². The second kappa shape index (κ2) is 7.97. The van der Waals surface area contributed by atoms with E-state index in [1.807, 2.05) is 0 Å². The van der Waals surface area contributed by atoms with Gasteiger partial charge in [0.1, 0.15) is 0 Å². The number of nitrogens with zero attached hydrogens (tertiary/aromatic N) is 4. The van der Waals surface area contributed by atoms with E-state index in [1.54, 1.807) is 0 Å². The molecule has 0 saturated heterocycles. The summed E-state index contributed by atoms with van der Waals surface area (Å²) in [5.41, 5.74) is 0.949. The van der Waals surface area contributed by atoms with Crippen LogP contribution in [0.4, 0.5) is 11.6 Å². The molecule has 7 heteroatoms. The number of hydrogen-bond donors (Lipinski definition) is 2. The summed E-state index contributed by atoms with van der Waals surface area (Å²) in [6.07, 6.45) is 15.3. The van der Waals surface area contributed by atoms with Crippen LogP contribution in [0.5, 0.6) is 0 Å². The minimum Gasteiger partial charge on any atom is -0.364 e. The Balaban J connectivity index is 1.56. The molecule has 2 N–H and O–H groups in total. The zero-order chi connectivity index (χ0) is 16.9. The van der Waals surface area contributed by atoms with Gasteiger partial charge in [0, 0.05) is 12.1 Å². The van der Waals surface area contributed by atoms with Crippen molar-refractivity contribution in [1.82, 2.24) is 20.3 Å². The summed E-state index contributed by atoms with van der Waals surface area (Å²) < 4.78 is 4.81. The zero-order valence-electron chi connectivity index (χ0n) is 14.8. The summed E-state index contributed by atoms with van der Waals surface area (Å²) in [7, 11) is 0. The van der Waals surface area contributed by atoms with E-state index in [9.17, 15) is 0 Å². The lowest BCUT2D eigenvalue weighted by Gasteiger charge is -2.22. The maximum atomic E-state index is 4.81. The first-order chi connectivity index (χ1) is 12.4. The summed E-state index contributed by atoms with van der Waals surface area (Å²) in [6, 6.07) is 0.924. The molecule has 0 bridgehead atoms. The number of nitrogens with one attached hydrogen (secondary N) is 2. The van der Waals surface area contributed by atoms with E-state index in [0.29, 0.717) is 23.4 Å². The van der Waals surface area contributed by atoms with Gasteiger partial charge in [-0.05, 0) is 36.0 Å². The molecule has 2 aromatic rings. The molecule has 2 fully saturated rings. The standard InChI is InChI=1S/C18H28N6O/c1-2-6-10-13(9-5-1)19-15-16(20-14-11-7-3-4-8-12-14)22-18-17(21-15)23-25-24-18/h13-14H,1-12H2,(H,19,21,23)(H,20,22,24). The summed E-state index contributed by atoms with van der Waals surface area (Å²) in [5, 5.41) is 15.0. The summed E-state index contributed by atoms with van der Waals surface area (Å²) >= 11 is 0. The Morgan fingerprint density at radius 2 is 1.00 bits per heavy atom. The quantitative estimate of drug-likeness (QED) is 0.800. The highest BCUT2D eigenvalue weighted by molar-refractivity contribution is 5.73. The van der Waals surface area contributed by atoms with Crippen LogP contribution >= 0.6 is 0 Å². The maximum Gasteiger partial charge on any atom is 0.245 e. The van der Waals surface area contributed by atoms with Crippen LogP contribution in [0.15, 0.2) is 4.63 Å². The number of anilines is 2. The molecular weight excluding hydrogens is 316 g/mol. The van der Waals surface area contributed by atoms with Crippen molar-refractivity contribution in [3.8, 4) is 0 Å². The molecule has 2 aliphatic rings. The normalized spacial score (nSPS) is 21.0. The van der Waals surface area contributed by atoms with Gasteiger partial charge in [0.05, 0.1) is 0 Å². The summed E-state index contributed by atoms with van der Waals surface area (Å²) in [5.74, 6) is 1.61. The van der Waals surface area contributed by atoms with Gasteiger partial charge in [0.2, 0.25) is 11.3 Å². The average Bonchev–Trinajstić information content (AvgIpc) is 2.81. The van der Waals surface area contributed by atoms with E-state index in [4.69, 9.17) is 4.63 Å². The van der Waals surface area contributed by atoms with Crippen molar-refractivity contribution in [2.75, 3.05) is 10.6 Å². The lowest BCUT2D eigenvalue weighted by molar-refractivity contribution is 0.314. The van der Waals surface area contributed by atoms with E-state index in [1.165, 1.54) is 77.0 Å². The van der Waals surface area contributed by atoms with Gasteiger partial charge in [0.15, 0.2) is 11.6 Å². The first kappa shape index (κ1) is 16.5. The van der Waals surface area contributed by atoms with Crippen LogP contribution in [-0.4, -0.2) is 32.4 Å². The fraction of sp³-hybridized carbons (Fsp3) is 0.778. The number of hydrogen-bond acceptors (Lipinski definition) is 7. The molecule has 2 saturated carbocycles. The van der Waals surface area contributed by atoms with Gasteiger partial charge in [-0.2, -0.15) is 0 Å². The van der Waals surface area contributed by atoms with E-state index >= 15 is 0 Å². The van der Waals surface area contributed by atoms with Gasteiger partial charge in [-0.3, -0.25) is 0 Å². The molecule has 2 aromatic heterocycles. The monoisotopic (exact) mass is 344 g/mol. The van der Waals surface area contributed by atoms with Crippen LogP contribution in [0.1, 0.15) is 77.0 Å². The molecule has 7 nitrogen and oxygen atoms in total. The Kier molecular flexibility index (Phi) is 5.28. The minimum absolute atomic E-state index is 0.462. The molecule has 0 atom stereocenters. The molecule has 0 spiro atoms. The molecule has 0 aliphatic heterocycles. The van der Waals surface area contributed by atoms with E-state index in [2.05, 4.69) is 30.9 Å². The number of fused-ring (bicyclic) bond motifs is 1. The van der Waals surface area contributed by atoms with Crippen molar-refractivity contribution in [2.45, 2.75) is 89.1 Å². The van der Waals surface area contributed by atoms with Gasteiger partial charge >= 0.3 is 0 Å². The van der Waals surface area contributed by atoms with Crippen LogP contribution in [0.2, 0.25) is 0 Å². The Morgan fingerprint density at radius 3 is 1.40 bits per heavy atom. The van der Waals surface area contributed by atoms with Crippen LogP contribution in [0.3, 0.4) is 0 Å². The molecule has 0 aromatic carbocycles. The van der Waals surface area contributed by atoms with Crippen LogP contribution in [0, 0.1) is 0 Å². The smallest absolute Gasteiger partial charge is 0.245 e. The zero-order valence-corrected chi connectivity index (χ0v) is 14.8. The first-order valence-corrected chi connectivity index (χ1v) is 9.92. The highest BCUT2D eigenvalue weighted by Gasteiger charge is 2.20. The Hall–Kier alpha value is -1.92. The summed E-state index contributed by atoms with van der Waals surface area (Å²) in [4.78, 5) is 9.29. The van der Waals surface area contributed by atoms with Crippen molar-refractivity contribution < 1.29 is 4.63 Å².